The van der Waals surface area contributed by atoms with Gasteiger partial charge >= 0.3 is 5.97 Å². The smallest absolute Gasteiger partial charge is 0.305 e. The largest absolute Gasteiger partial charge is 0.460 e. The second kappa shape index (κ2) is 13.5. The van der Waals surface area contributed by atoms with Gasteiger partial charge in [-0.25, -0.2) is 0 Å². The summed E-state index contributed by atoms with van der Waals surface area (Å²) in [5.74, 6) is -1.42. The van der Waals surface area contributed by atoms with Crippen LogP contribution < -0.4 is 5.32 Å². The molecule has 10 nitrogen and oxygen atoms in total. The van der Waals surface area contributed by atoms with E-state index in [2.05, 4.69) is 17.9 Å². The van der Waals surface area contributed by atoms with Crippen LogP contribution in [0.2, 0.25) is 0 Å². The van der Waals surface area contributed by atoms with Crippen LogP contribution in [0.4, 0.5) is 0 Å². The predicted octanol–water partition coefficient (Wildman–Crippen LogP) is -0.367. The lowest BCUT2D eigenvalue weighted by Gasteiger charge is -2.21. The number of nitrogens with zero attached hydrogens (tertiary/aromatic N) is 1. The molecule has 0 saturated carbocycles. The fraction of sp³-hybridized carbons (Fsp3) is 0.778. The van der Waals surface area contributed by atoms with E-state index in [-0.39, 0.29) is 69.7 Å². The summed E-state index contributed by atoms with van der Waals surface area (Å²) in [4.78, 5) is 47.9. The van der Waals surface area contributed by atoms with E-state index in [1.807, 2.05) is 6.92 Å². The Morgan fingerprint density at radius 2 is 2.07 bits per heavy atom. The van der Waals surface area contributed by atoms with E-state index in [0.29, 0.717) is 6.42 Å². The molecule has 0 aromatic heterocycles. The molecule has 3 unspecified atom stereocenters. The molecule has 166 valence electrons. The third kappa shape index (κ3) is 9.11. The summed E-state index contributed by atoms with van der Waals surface area (Å²) in [6.45, 7) is 1.84. The van der Waals surface area contributed by atoms with Crippen LogP contribution in [0.1, 0.15) is 39.0 Å². The van der Waals surface area contributed by atoms with Crippen molar-refractivity contribution in [2.45, 2.75) is 56.7 Å². The SMILES string of the molecule is CCC(CO)OC(COC(=O)CCCC(=O)NCCN1C(=O)CC(S)C1=O)OC. The first-order valence-electron chi connectivity index (χ1n) is 9.56. The molecule has 29 heavy (non-hydrogen) atoms. The van der Waals surface area contributed by atoms with Crippen molar-refractivity contribution in [1.29, 1.82) is 0 Å². The van der Waals surface area contributed by atoms with E-state index in [1.54, 1.807) is 0 Å². The highest BCUT2D eigenvalue weighted by molar-refractivity contribution is 7.81. The van der Waals surface area contributed by atoms with Crippen molar-refractivity contribution in [2.24, 2.45) is 0 Å². The van der Waals surface area contributed by atoms with E-state index in [4.69, 9.17) is 19.3 Å². The molecule has 1 aliphatic heterocycles. The van der Waals surface area contributed by atoms with E-state index < -0.39 is 23.6 Å². The molecule has 0 aromatic carbocycles. The number of nitrogens with one attached hydrogen (secondary N) is 1. The van der Waals surface area contributed by atoms with E-state index >= 15 is 0 Å². The number of carbonyl (C=O) groups is 4. The molecule has 0 aromatic rings. The minimum atomic E-state index is -0.771. The van der Waals surface area contributed by atoms with Gasteiger partial charge in [0.05, 0.1) is 18.0 Å². The van der Waals surface area contributed by atoms with E-state index in [1.165, 1.54) is 7.11 Å². The van der Waals surface area contributed by atoms with Crippen molar-refractivity contribution < 1.29 is 38.5 Å². The lowest BCUT2D eigenvalue weighted by Crippen LogP contribution is -2.38. The number of likely N-dealkylation sites (tertiary alicyclic amines) is 1. The summed E-state index contributed by atoms with van der Waals surface area (Å²) >= 11 is 4.03. The van der Waals surface area contributed by atoms with Gasteiger partial charge < -0.3 is 24.6 Å². The Morgan fingerprint density at radius 1 is 1.34 bits per heavy atom. The second-order valence-electron chi connectivity index (χ2n) is 6.50. The molecule has 3 amide bonds. The Labute approximate surface area is 175 Å². The van der Waals surface area contributed by atoms with Crippen LogP contribution in [-0.2, 0) is 33.4 Å². The molecule has 1 fully saturated rings. The fourth-order valence-corrected chi connectivity index (χ4v) is 2.86. The Hall–Kier alpha value is -1.69. The Morgan fingerprint density at radius 3 is 2.62 bits per heavy atom. The van der Waals surface area contributed by atoms with Crippen LogP contribution in [0.15, 0.2) is 0 Å². The maximum atomic E-state index is 11.8. The Kier molecular flexibility index (Phi) is 11.8. The van der Waals surface area contributed by atoms with Crippen LogP contribution in [0.3, 0.4) is 0 Å². The topological polar surface area (TPSA) is 131 Å². The zero-order valence-corrected chi connectivity index (χ0v) is 17.7. The van der Waals surface area contributed by atoms with Gasteiger partial charge in [-0.15, -0.1) is 0 Å². The number of carbonyl (C=O) groups excluding carboxylic acids is 4. The zero-order valence-electron chi connectivity index (χ0n) is 16.8. The van der Waals surface area contributed by atoms with Crippen molar-refractivity contribution in [3.05, 3.63) is 0 Å². The number of thiol groups is 1. The molecule has 1 heterocycles. The highest BCUT2D eigenvalue weighted by atomic mass is 32.1. The lowest BCUT2D eigenvalue weighted by atomic mass is 10.2. The lowest BCUT2D eigenvalue weighted by molar-refractivity contribution is -0.194. The first-order chi connectivity index (χ1) is 13.8. The van der Waals surface area contributed by atoms with Crippen molar-refractivity contribution >= 4 is 36.3 Å². The zero-order chi connectivity index (χ0) is 21.8. The van der Waals surface area contributed by atoms with Crippen LogP contribution in [0, 0.1) is 0 Å². The molecular weight excluding hydrogens is 404 g/mol. The van der Waals surface area contributed by atoms with Gasteiger partial charge in [-0.2, -0.15) is 12.6 Å². The second-order valence-corrected chi connectivity index (χ2v) is 7.13. The standard InChI is InChI=1S/C18H30N2O8S/c1-3-12(10-21)28-17(26-2)11-27-16(24)6-4-5-14(22)19-7-8-20-15(23)9-13(29)18(20)25/h12-13,17,21,29H,3-11H2,1-2H3,(H,19,22). The summed E-state index contributed by atoms with van der Waals surface area (Å²) in [5, 5.41) is 11.1. The fourth-order valence-electron chi connectivity index (χ4n) is 2.57. The number of methoxy groups -OCH3 is 1. The third-order valence-electron chi connectivity index (χ3n) is 4.31. The number of ether oxygens (including phenoxy) is 3. The first kappa shape index (κ1) is 25.3. The van der Waals surface area contributed by atoms with E-state index in [9.17, 15) is 19.2 Å². The van der Waals surface area contributed by atoms with Gasteiger partial charge in [0.15, 0.2) is 6.29 Å². The number of amides is 3. The van der Waals surface area contributed by atoms with Crippen LogP contribution in [0.25, 0.3) is 0 Å². The minimum absolute atomic E-state index is 0.0471. The summed E-state index contributed by atoms with van der Waals surface area (Å²) in [5.41, 5.74) is 0. The molecule has 3 atom stereocenters. The summed E-state index contributed by atoms with van der Waals surface area (Å²) in [6.07, 6.45) is -0.0534. The molecule has 0 radical (unpaired) electrons. The minimum Gasteiger partial charge on any atom is -0.460 e. The van der Waals surface area contributed by atoms with Crippen molar-refractivity contribution in [3.63, 3.8) is 0 Å². The van der Waals surface area contributed by atoms with Crippen molar-refractivity contribution in [1.82, 2.24) is 10.2 Å². The third-order valence-corrected chi connectivity index (χ3v) is 4.71. The molecule has 1 aliphatic rings. The first-order valence-corrected chi connectivity index (χ1v) is 10.1. The summed E-state index contributed by atoms with van der Waals surface area (Å²) in [7, 11) is 1.41. The van der Waals surface area contributed by atoms with Gasteiger partial charge in [0, 0.05) is 39.5 Å². The van der Waals surface area contributed by atoms with Crippen LogP contribution in [-0.4, -0.2) is 84.8 Å². The average Bonchev–Trinajstić information content (AvgIpc) is 2.94. The highest BCUT2D eigenvalue weighted by Crippen LogP contribution is 2.16. The number of aliphatic hydroxyl groups excluding tert-OH is 1. The number of hydrogen-bond acceptors (Lipinski definition) is 9. The molecule has 0 spiro atoms. The normalized spacial score (nSPS) is 18.6. The monoisotopic (exact) mass is 434 g/mol. The summed E-state index contributed by atoms with van der Waals surface area (Å²) < 4.78 is 15.5. The van der Waals surface area contributed by atoms with E-state index in [0.717, 1.165) is 4.90 Å². The number of aliphatic hydroxyl groups is 1. The average molecular weight is 435 g/mol. The van der Waals surface area contributed by atoms with Crippen LogP contribution in [0.5, 0.6) is 0 Å². The number of esters is 1. The van der Waals surface area contributed by atoms with Crippen molar-refractivity contribution in [2.75, 3.05) is 33.4 Å². The molecule has 11 heteroatoms. The molecule has 2 N–H and O–H groups in total. The molecule has 0 aliphatic carbocycles. The molecule has 1 rings (SSSR count). The van der Waals surface area contributed by atoms with Gasteiger partial charge in [-0.05, 0) is 12.8 Å². The van der Waals surface area contributed by atoms with Crippen LogP contribution >= 0.6 is 12.6 Å². The molecule has 0 bridgehead atoms. The number of hydrogen-bond donors (Lipinski definition) is 3. The maximum Gasteiger partial charge on any atom is 0.305 e. The van der Waals surface area contributed by atoms with Gasteiger partial charge in [0.25, 0.3) is 0 Å². The van der Waals surface area contributed by atoms with Gasteiger partial charge in [0.1, 0.15) is 6.61 Å². The Balaban J connectivity index is 2.16. The van der Waals surface area contributed by atoms with Gasteiger partial charge in [0.2, 0.25) is 17.7 Å². The van der Waals surface area contributed by atoms with Crippen molar-refractivity contribution in [3.8, 4) is 0 Å². The predicted molar refractivity (Wildman–Crippen MR) is 105 cm³/mol. The maximum absolute atomic E-state index is 11.8. The molecule has 1 saturated heterocycles. The number of rotatable bonds is 14. The molecular formula is C18H30N2O8S. The number of imide groups is 1. The van der Waals surface area contributed by atoms with Gasteiger partial charge in [-0.3, -0.25) is 24.1 Å². The highest BCUT2D eigenvalue weighted by Gasteiger charge is 2.35. The quantitative estimate of drug-likeness (QED) is 0.146. The Bertz CT molecular complexity index is 570. The van der Waals surface area contributed by atoms with Gasteiger partial charge in [-0.1, -0.05) is 6.92 Å². The summed E-state index contributed by atoms with van der Waals surface area (Å²) in [6, 6.07) is 0.